The number of benzene rings is 1. The number of unbranched alkanes of at least 4 members (excludes halogenated alkanes) is 1. The zero-order valence-corrected chi connectivity index (χ0v) is 17.9. The lowest BCUT2D eigenvalue weighted by molar-refractivity contribution is -0.158. The van der Waals surface area contributed by atoms with Crippen LogP contribution in [-0.4, -0.2) is 69.1 Å². The molecule has 29 heavy (non-hydrogen) atoms. The summed E-state index contributed by atoms with van der Waals surface area (Å²) < 4.78 is 39.2. The van der Waals surface area contributed by atoms with Gasteiger partial charge in [0, 0.05) is 12.6 Å². The fraction of sp³-hybridized carbons (Fsp3) is 0.600. The average Bonchev–Trinajstić information content (AvgIpc) is 3.06. The SMILES string of the molecule is CCCCN(C(=O)COC(=O)C(C)Oc1ccc(OC)cc1)C1CCS(=O)(=O)C1. The van der Waals surface area contributed by atoms with Crippen molar-refractivity contribution in [2.75, 3.05) is 31.8 Å². The Morgan fingerprint density at radius 1 is 1.21 bits per heavy atom. The van der Waals surface area contributed by atoms with E-state index in [0.29, 0.717) is 24.5 Å². The third-order valence-electron chi connectivity index (χ3n) is 4.76. The molecule has 1 amide bonds. The van der Waals surface area contributed by atoms with Gasteiger partial charge < -0.3 is 19.1 Å². The maximum Gasteiger partial charge on any atom is 0.347 e. The Bertz CT molecular complexity index is 792. The minimum atomic E-state index is -3.11. The number of carbonyl (C=O) groups excluding carboxylic acids is 2. The number of hydrogen-bond acceptors (Lipinski definition) is 7. The van der Waals surface area contributed by atoms with E-state index in [4.69, 9.17) is 14.2 Å². The van der Waals surface area contributed by atoms with Gasteiger partial charge in [-0.25, -0.2) is 13.2 Å². The maximum atomic E-state index is 12.6. The van der Waals surface area contributed by atoms with Gasteiger partial charge in [-0.15, -0.1) is 0 Å². The first-order valence-electron chi connectivity index (χ1n) is 9.73. The van der Waals surface area contributed by atoms with Gasteiger partial charge >= 0.3 is 5.97 Å². The predicted molar refractivity (Wildman–Crippen MR) is 108 cm³/mol. The highest BCUT2D eigenvalue weighted by Crippen LogP contribution is 2.20. The average molecular weight is 428 g/mol. The van der Waals surface area contributed by atoms with E-state index in [1.165, 1.54) is 11.8 Å². The fourth-order valence-electron chi connectivity index (χ4n) is 3.10. The maximum absolute atomic E-state index is 12.6. The van der Waals surface area contributed by atoms with Crippen molar-refractivity contribution in [1.29, 1.82) is 0 Å². The molecular weight excluding hydrogens is 398 g/mol. The van der Waals surface area contributed by atoms with Gasteiger partial charge in [-0.1, -0.05) is 13.3 Å². The molecule has 8 nitrogen and oxygen atoms in total. The van der Waals surface area contributed by atoms with Gasteiger partial charge in [-0.05, 0) is 44.0 Å². The number of ether oxygens (including phenoxy) is 3. The summed E-state index contributed by atoms with van der Waals surface area (Å²) in [5.41, 5.74) is 0. The molecule has 0 N–H and O–H groups in total. The molecule has 0 saturated carbocycles. The summed E-state index contributed by atoms with van der Waals surface area (Å²) in [7, 11) is -1.56. The van der Waals surface area contributed by atoms with Gasteiger partial charge in [-0.2, -0.15) is 0 Å². The van der Waals surface area contributed by atoms with Gasteiger partial charge in [0.05, 0.1) is 18.6 Å². The second-order valence-electron chi connectivity index (χ2n) is 7.04. The fourth-order valence-corrected chi connectivity index (χ4v) is 4.83. The molecule has 1 aliphatic heterocycles. The van der Waals surface area contributed by atoms with Crippen molar-refractivity contribution in [3.63, 3.8) is 0 Å². The van der Waals surface area contributed by atoms with Crippen molar-refractivity contribution >= 4 is 21.7 Å². The summed E-state index contributed by atoms with van der Waals surface area (Å²) >= 11 is 0. The number of rotatable bonds is 10. The first-order chi connectivity index (χ1) is 13.8. The highest BCUT2D eigenvalue weighted by atomic mass is 32.2. The van der Waals surface area contributed by atoms with Crippen molar-refractivity contribution in [2.45, 2.75) is 45.3 Å². The van der Waals surface area contributed by atoms with Gasteiger partial charge in [0.15, 0.2) is 22.5 Å². The van der Waals surface area contributed by atoms with E-state index in [1.807, 2.05) is 6.92 Å². The molecule has 1 saturated heterocycles. The second kappa shape index (κ2) is 10.5. The van der Waals surface area contributed by atoms with Crippen molar-refractivity contribution < 1.29 is 32.2 Å². The van der Waals surface area contributed by atoms with Crippen LogP contribution in [-0.2, 0) is 24.2 Å². The first kappa shape index (κ1) is 23.0. The van der Waals surface area contributed by atoms with Crippen LogP contribution in [0.4, 0.5) is 0 Å². The van der Waals surface area contributed by atoms with Crippen LogP contribution < -0.4 is 9.47 Å². The first-order valence-corrected chi connectivity index (χ1v) is 11.5. The summed E-state index contributed by atoms with van der Waals surface area (Å²) in [6, 6.07) is 6.39. The zero-order valence-electron chi connectivity index (χ0n) is 17.1. The lowest BCUT2D eigenvalue weighted by Crippen LogP contribution is -2.44. The van der Waals surface area contributed by atoms with Crippen LogP contribution in [0.5, 0.6) is 11.5 Å². The van der Waals surface area contributed by atoms with Gasteiger partial charge in [0.2, 0.25) is 0 Å². The monoisotopic (exact) mass is 427 g/mol. The molecule has 2 unspecified atom stereocenters. The molecule has 0 radical (unpaired) electrons. The molecule has 9 heteroatoms. The molecule has 0 spiro atoms. The van der Waals surface area contributed by atoms with Gasteiger partial charge in [-0.3, -0.25) is 4.79 Å². The topological polar surface area (TPSA) is 99.2 Å². The van der Waals surface area contributed by atoms with Crippen molar-refractivity contribution in [1.82, 2.24) is 4.90 Å². The van der Waals surface area contributed by atoms with Crippen molar-refractivity contribution in [3.05, 3.63) is 24.3 Å². The summed E-state index contributed by atoms with van der Waals surface area (Å²) in [6.07, 6.45) is 1.15. The molecule has 162 valence electrons. The molecule has 1 aliphatic rings. The van der Waals surface area contributed by atoms with Crippen molar-refractivity contribution in [3.8, 4) is 11.5 Å². The number of hydrogen-bond donors (Lipinski definition) is 0. The van der Waals surface area contributed by atoms with Crippen molar-refractivity contribution in [2.24, 2.45) is 0 Å². The Labute approximate surface area is 172 Å². The van der Waals surface area contributed by atoms with E-state index in [1.54, 1.807) is 31.4 Å². The lowest BCUT2D eigenvalue weighted by Gasteiger charge is -2.28. The number of sulfone groups is 1. The van der Waals surface area contributed by atoms with E-state index in [2.05, 4.69) is 0 Å². The molecule has 2 atom stereocenters. The van der Waals surface area contributed by atoms with E-state index in [9.17, 15) is 18.0 Å². The minimum Gasteiger partial charge on any atom is -0.497 e. The lowest BCUT2D eigenvalue weighted by atomic mass is 10.2. The Kier molecular flexibility index (Phi) is 8.31. The van der Waals surface area contributed by atoms with E-state index in [0.717, 1.165) is 12.8 Å². The van der Waals surface area contributed by atoms with Crippen LogP contribution in [0.1, 0.15) is 33.1 Å². The molecular formula is C20H29NO7S. The largest absolute Gasteiger partial charge is 0.497 e. The number of esters is 1. The van der Waals surface area contributed by atoms with E-state index < -0.39 is 28.5 Å². The Morgan fingerprint density at radius 3 is 2.41 bits per heavy atom. The smallest absolute Gasteiger partial charge is 0.347 e. The van der Waals surface area contributed by atoms with E-state index in [-0.39, 0.29) is 23.5 Å². The molecule has 0 aromatic heterocycles. The predicted octanol–water partition coefficient (Wildman–Crippen LogP) is 1.82. The van der Waals surface area contributed by atoms with Crippen LogP contribution >= 0.6 is 0 Å². The van der Waals surface area contributed by atoms with Crippen LogP contribution in [0.15, 0.2) is 24.3 Å². The molecule has 1 heterocycles. The van der Waals surface area contributed by atoms with Crippen LogP contribution in [0, 0.1) is 0 Å². The molecule has 2 rings (SSSR count). The molecule has 0 aliphatic carbocycles. The van der Waals surface area contributed by atoms with Crippen LogP contribution in [0.2, 0.25) is 0 Å². The summed E-state index contributed by atoms with van der Waals surface area (Å²) in [4.78, 5) is 26.3. The molecule has 1 aromatic carbocycles. The minimum absolute atomic E-state index is 0.0343. The highest BCUT2D eigenvalue weighted by molar-refractivity contribution is 7.91. The summed E-state index contributed by atoms with van der Waals surface area (Å²) in [5.74, 6) is 0.142. The molecule has 0 bridgehead atoms. The Morgan fingerprint density at radius 2 is 1.86 bits per heavy atom. The number of amides is 1. The highest BCUT2D eigenvalue weighted by Gasteiger charge is 2.34. The quantitative estimate of drug-likeness (QED) is 0.525. The molecule has 1 fully saturated rings. The normalized spacial score (nSPS) is 18.7. The van der Waals surface area contributed by atoms with Gasteiger partial charge in [0.25, 0.3) is 5.91 Å². The summed E-state index contributed by atoms with van der Waals surface area (Å²) in [5, 5.41) is 0. The third-order valence-corrected chi connectivity index (χ3v) is 6.51. The van der Waals surface area contributed by atoms with Crippen LogP contribution in [0.25, 0.3) is 0 Å². The zero-order chi connectivity index (χ0) is 21.4. The standard InChI is InChI=1S/C20H29NO7S/c1-4-5-11-21(16-10-12-29(24,25)14-16)19(22)13-27-20(23)15(2)28-18-8-6-17(26-3)7-9-18/h6-9,15-16H,4-5,10-14H2,1-3H3. The number of carbonyl (C=O) groups is 2. The molecule has 1 aromatic rings. The van der Waals surface area contributed by atoms with Crippen LogP contribution in [0.3, 0.4) is 0 Å². The Hall–Kier alpha value is -2.29. The number of methoxy groups -OCH3 is 1. The third kappa shape index (κ3) is 6.92. The number of nitrogens with zero attached hydrogens (tertiary/aromatic N) is 1. The van der Waals surface area contributed by atoms with Gasteiger partial charge in [0.1, 0.15) is 11.5 Å². The summed E-state index contributed by atoms with van der Waals surface area (Å²) in [6.45, 7) is 3.54. The Balaban J connectivity index is 1.89. The second-order valence-corrected chi connectivity index (χ2v) is 9.27. The van der Waals surface area contributed by atoms with E-state index >= 15 is 0 Å².